The number of rotatable bonds is 0. The molecule has 2 aromatic carbocycles. The first-order chi connectivity index (χ1) is 10.1. The molecule has 0 bridgehead atoms. The van der Waals surface area contributed by atoms with E-state index in [4.69, 9.17) is 11.5 Å². The van der Waals surface area contributed by atoms with Gasteiger partial charge in [0.1, 0.15) is 11.5 Å². The first kappa shape index (κ1) is 14.6. The van der Waals surface area contributed by atoms with Crippen LogP contribution in [-0.2, 0) is 10.8 Å². The van der Waals surface area contributed by atoms with Gasteiger partial charge in [-0.15, -0.1) is 0 Å². The van der Waals surface area contributed by atoms with Gasteiger partial charge in [-0.25, -0.2) is 0 Å². The van der Waals surface area contributed by atoms with Crippen molar-refractivity contribution < 1.29 is 10.2 Å². The number of hydrogen-bond acceptors (Lipinski definition) is 4. The predicted octanol–water partition coefficient (Wildman–Crippen LogP) is 3.23. The number of phenols is 2. The summed E-state index contributed by atoms with van der Waals surface area (Å²) < 4.78 is 0. The molecule has 0 radical (unpaired) electrons. The van der Waals surface area contributed by atoms with Gasteiger partial charge in [-0.1, -0.05) is 27.7 Å². The monoisotopic (exact) mass is 298 g/mol. The molecule has 0 saturated carbocycles. The van der Waals surface area contributed by atoms with Crippen molar-refractivity contribution in [2.75, 3.05) is 11.5 Å². The van der Waals surface area contributed by atoms with Gasteiger partial charge < -0.3 is 21.7 Å². The van der Waals surface area contributed by atoms with Crippen molar-refractivity contribution in [1.29, 1.82) is 0 Å². The van der Waals surface area contributed by atoms with Gasteiger partial charge in [-0.3, -0.25) is 0 Å². The fraction of sp³-hybridized carbons (Fsp3) is 0.333. The summed E-state index contributed by atoms with van der Waals surface area (Å²) in [4.78, 5) is 0. The van der Waals surface area contributed by atoms with E-state index in [-0.39, 0.29) is 22.3 Å². The summed E-state index contributed by atoms with van der Waals surface area (Å²) in [5.41, 5.74) is 16.0. The number of fused-ring (bicyclic) bond motifs is 2. The van der Waals surface area contributed by atoms with Gasteiger partial charge in [0.2, 0.25) is 0 Å². The van der Waals surface area contributed by atoms with Crippen molar-refractivity contribution in [2.24, 2.45) is 0 Å². The predicted molar refractivity (Wildman–Crippen MR) is 89.3 cm³/mol. The molecular formula is C18H22N2O2. The second-order valence-corrected chi connectivity index (χ2v) is 7.16. The van der Waals surface area contributed by atoms with E-state index >= 15 is 0 Å². The summed E-state index contributed by atoms with van der Waals surface area (Å²) in [6, 6.07) is 7.17. The lowest BCUT2D eigenvalue weighted by Crippen LogP contribution is -2.36. The third-order valence-electron chi connectivity index (χ3n) is 5.03. The zero-order valence-corrected chi connectivity index (χ0v) is 13.4. The molecule has 0 spiro atoms. The van der Waals surface area contributed by atoms with Gasteiger partial charge in [0.05, 0.1) is 11.4 Å². The lowest BCUT2D eigenvalue weighted by Gasteiger charge is -2.44. The van der Waals surface area contributed by atoms with Crippen LogP contribution in [0, 0.1) is 0 Å². The topological polar surface area (TPSA) is 92.5 Å². The van der Waals surface area contributed by atoms with E-state index in [0.29, 0.717) is 11.4 Å². The molecule has 22 heavy (non-hydrogen) atoms. The number of anilines is 2. The van der Waals surface area contributed by atoms with E-state index in [0.717, 1.165) is 22.3 Å². The largest absolute Gasteiger partial charge is 0.506 e. The zero-order valence-electron chi connectivity index (χ0n) is 13.4. The first-order valence-corrected chi connectivity index (χ1v) is 7.33. The van der Waals surface area contributed by atoms with Gasteiger partial charge in [0.25, 0.3) is 0 Å². The maximum atomic E-state index is 10.0. The van der Waals surface area contributed by atoms with Crippen LogP contribution < -0.4 is 11.5 Å². The second kappa shape index (κ2) is 4.09. The summed E-state index contributed by atoms with van der Waals surface area (Å²) >= 11 is 0. The average molecular weight is 298 g/mol. The Hall–Kier alpha value is -2.36. The highest BCUT2D eigenvalue weighted by molar-refractivity contribution is 5.69. The number of benzene rings is 2. The van der Waals surface area contributed by atoms with Crippen molar-refractivity contribution in [2.45, 2.75) is 38.5 Å². The van der Waals surface area contributed by atoms with E-state index in [1.807, 2.05) is 12.1 Å². The molecule has 0 fully saturated rings. The average Bonchev–Trinajstić information content (AvgIpc) is 2.42. The van der Waals surface area contributed by atoms with E-state index in [9.17, 15) is 10.2 Å². The molecule has 4 nitrogen and oxygen atoms in total. The number of aromatic hydroxyl groups is 2. The molecule has 6 N–H and O–H groups in total. The van der Waals surface area contributed by atoms with E-state index < -0.39 is 0 Å². The molecule has 0 saturated heterocycles. The molecule has 2 aromatic rings. The minimum atomic E-state index is -0.340. The van der Waals surface area contributed by atoms with Crippen LogP contribution in [0.5, 0.6) is 11.5 Å². The van der Waals surface area contributed by atoms with Crippen LogP contribution in [-0.4, -0.2) is 10.2 Å². The fourth-order valence-corrected chi connectivity index (χ4v) is 3.57. The van der Waals surface area contributed by atoms with Gasteiger partial charge in [0, 0.05) is 10.8 Å². The smallest absolute Gasteiger partial charge is 0.138 e. The standard InChI is InChI=1S/C18H22N2O2/c1-17(2)9-5-13(19)16(22)8-12(9)18(3,4)10-6-14(20)15(21)7-11(10)17/h5-8,21-22H,19-20H2,1-4H3. The fourth-order valence-electron chi connectivity index (χ4n) is 3.57. The van der Waals surface area contributed by atoms with Crippen molar-refractivity contribution in [1.82, 2.24) is 0 Å². The van der Waals surface area contributed by atoms with Crippen LogP contribution in [0.25, 0.3) is 0 Å². The summed E-state index contributed by atoms with van der Waals surface area (Å²) in [5, 5.41) is 20.1. The minimum absolute atomic E-state index is 0.0952. The summed E-state index contributed by atoms with van der Waals surface area (Å²) in [5.74, 6) is 0.190. The number of hydrogen-bond donors (Lipinski definition) is 4. The second-order valence-electron chi connectivity index (χ2n) is 7.16. The summed E-state index contributed by atoms with van der Waals surface area (Å²) in [6.07, 6.45) is 0. The van der Waals surface area contributed by atoms with Crippen LogP contribution in [0.2, 0.25) is 0 Å². The van der Waals surface area contributed by atoms with Gasteiger partial charge >= 0.3 is 0 Å². The molecule has 1 aliphatic rings. The third kappa shape index (κ3) is 1.70. The first-order valence-electron chi connectivity index (χ1n) is 7.33. The molecule has 0 aliphatic heterocycles. The Morgan fingerprint density at radius 1 is 0.636 bits per heavy atom. The summed E-state index contributed by atoms with van der Waals surface area (Å²) in [6.45, 7) is 8.36. The van der Waals surface area contributed by atoms with E-state index in [2.05, 4.69) is 27.7 Å². The molecule has 3 rings (SSSR count). The van der Waals surface area contributed by atoms with Crippen LogP contribution in [0.3, 0.4) is 0 Å². The van der Waals surface area contributed by atoms with Crippen molar-refractivity contribution >= 4 is 11.4 Å². The lowest BCUT2D eigenvalue weighted by atomic mass is 9.60. The molecular weight excluding hydrogens is 276 g/mol. The molecule has 0 unspecified atom stereocenters. The SMILES string of the molecule is CC1(C)c2cc(N)c(O)cc2C(C)(C)c2cc(N)c(O)cc21. The van der Waals surface area contributed by atoms with Gasteiger partial charge in [-0.2, -0.15) is 0 Å². The highest BCUT2D eigenvalue weighted by Crippen LogP contribution is 2.52. The molecule has 0 atom stereocenters. The summed E-state index contributed by atoms with van der Waals surface area (Å²) in [7, 11) is 0. The van der Waals surface area contributed by atoms with E-state index in [1.54, 1.807) is 12.1 Å². The van der Waals surface area contributed by atoms with Crippen molar-refractivity contribution in [3.8, 4) is 11.5 Å². The third-order valence-corrected chi connectivity index (χ3v) is 5.03. The van der Waals surface area contributed by atoms with Crippen molar-refractivity contribution in [3.63, 3.8) is 0 Å². The number of nitrogen functional groups attached to an aromatic ring is 2. The molecule has 0 amide bonds. The Labute approximate surface area is 130 Å². The Kier molecular flexibility index (Phi) is 2.71. The molecule has 1 aliphatic carbocycles. The maximum absolute atomic E-state index is 10.0. The van der Waals surface area contributed by atoms with Crippen LogP contribution in [0.1, 0.15) is 49.9 Å². The zero-order chi connectivity index (χ0) is 16.4. The highest BCUT2D eigenvalue weighted by atomic mass is 16.3. The molecule has 0 heterocycles. The quantitative estimate of drug-likeness (QED) is 0.444. The Bertz CT molecular complexity index is 663. The Morgan fingerprint density at radius 3 is 1.23 bits per heavy atom. The lowest BCUT2D eigenvalue weighted by molar-refractivity contribution is 0.460. The van der Waals surface area contributed by atoms with E-state index in [1.165, 1.54) is 0 Å². The molecule has 116 valence electrons. The Morgan fingerprint density at radius 2 is 0.909 bits per heavy atom. The van der Waals surface area contributed by atoms with Crippen LogP contribution in [0.4, 0.5) is 11.4 Å². The number of phenolic OH excluding ortho intramolecular Hbond substituents is 2. The number of nitrogens with two attached hydrogens (primary N) is 2. The normalized spacial score (nSPS) is 17.6. The van der Waals surface area contributed by atoms with Crippen molar-refractivity contribution in [3.05, 3.63) is 46.5 Å². The molecule has 0 aromatic heterocycles. The van der Waals surface area contributed by atoms with Crippen LogP contribution >= 0.6 is 0 Å². The Balaban J connectivity index is 2.43. The molecule has 4 heteroatoms. The van der Waals surface area contributed by atoms with Crippen LogP contribution in [0.15, 0.2) is 24.3 Å². The van der Waals surface area contributed by atoms with Gasteiger partial charge in [0.15, 0.2) is 0 Å². The van der Waals surface area contributed by atoms with Gasteiger partial charge in [-0.05, 0) is 46.5 Å². The minimum Gasteiger partial charge on any atom is -0.506 e. The maximum Gasteiger partial charge on any atom is 0.138 e. The highest BCUT2D eigenvalue weighted by Gasteiger charge is 2.42.